The molecule has 0 aromatic carbocycles. The van der Waals surface area contributed by atoms with Gasteiger partial charge in [-0.1, -0.05) is 0 Å². The van der Waals surface area contributed by atoms with Crippen molar-refractivity contribution < 1.29 is 17.6 Å². The van der Waals surface area contributed by atoms with E-state index in [1.807, 2.05) is 11.8 Å². The largest absolute Gasteiger partial charge is 0.417 e. The van der Waals surface area contributed by atoms with Gasteiger partial charge in [0, 0.05) is 41.6 Å². The molecule has 3 heterocycles. The highest BCUT2D eigenvalue weighted by atomic mass is 32.2. The molecule has 1 saturated carbocycles. The lowest BCUT2D eigenvalue weighted by Crippen LogP contribution is -2.42. The fourth-order valence-electron chi connectivity index (χ4n) is 4.53. The topological polar surface area (TPSA) is 16.1 Å². The van der Waals surface area contributed by atoms with Crippen LogP contribution in [0.5, 0.6) is 0 Å². The minimum Gasteiger partial charge on any atom is -0.300 e. The second-order valence-electron chi connectivity index (χ2n) is 7.81. The zero-order chi connectivity index (χ0) is 17.7. The third kappa shape index (κ3) is 3.42. The Bertz CT molecular complexity index is 636. The van der Waals surface area contributed by atoms with Gasteiger partial charge in [0.2, 0.25) is 0 Å². The first-order valence-electron chi connectivity index (χ1n) is 8.91. The van der Waals surface area contributed by atoms with Gasteiger partial charge < -0.3 is 0 Å². The number of aromatic nitrogens is 1. The summed E-state index contributed by atoms with van der Waals surface area (Å²) >= 11 is 2.03. The molecule has 3 fully saturated rings. The van der Waals surface area contributed by atoms with Crippen LogP contribution in [0.4, 0.5) is 17.6 Å². The minimum absolute atomic E-state index is 0.0608. The lowest BCUT2D eigenvalue weighted by Gasteiger charge is -2.40. The first-order valence-corrected chi connectivity index (χ1v) is 10.1. The quantitative estimate of drug-likeness (QED) is 0.698. The van der Waals surface area contributed by atoms with Crippen molar-refractivity contribution in [2.45, 2.75) is 50.2 Å². The molecule has 138 valence electrons. The molecule has 0 N–H and O–H groups in total. The highest BCUT2D eigenvalue weighted by Gasteiger charge is 2.45. The molecule has 1 aromatic heterocycles. The second kappa shape index (κ2) is 6.41. The number of hydrogen-bond donors (Lipinski definition) is 0. The van der Waals surface area contributed by atoms with Crippen LogP contribution >= 0.6 is 11.8 Å². The number of likely N-dealkylation sites (tertiary alicyclic amines) is 1. The van der Waals surface area contributed by atoms with Crippen molar-refractivity contribution >= 4 is 11.8 Å². The zero-order valence-electron chi connectivity index (χ0n) is 14.0. The maximum absolute atomic E-state index is 14.1. The van der Waals surface area contributed by atoms with Crippen molar-refractivity contribution in [3.05, 3.63) is 29.3 Å². The van der Waals surface area contributed by atoms with Gasteiger partial charge in [-0.15, -0.1) is 0 Å². The first kappa shape index (κ1) is 17.6. The smallest absolute Gasteiger partial charge is 0.300 e. The van der Waals surface area contributed by atoms with Gasteiger partial charge in [0.25, 0.3) is 0 Å². The lowest BCUT2D eigenvalue weighted by molar-refractivity contribution is -0.138. The van der Waals surface area contributed by atoms with Gasteiger partial charge in [-0.3, -0.25) is 9.88 Å². The molecule has 3 aliphatic rings. The van der Waals surface area contributed by atoms with E-state index >= 15 is 0 Å². The molecule has 1 spiro atoms. The molecule has 0 amide bonds. The van der Waals surface area contributed by atoms with Crippen LogP contribution in [0.25, 0.3) is 0 Å². The highest BCUT2D eigenvalue weighted by molar-refractivity contribution is 8.00. The summed E-state index contributed by atoms with van der Waals surface area (Å²) in [7, 11) is 0. The van der Waals surface area contributed by atoms with E-state index < -0.39 is 17.6 Å². The normalized spacial score (nSPS) is 29.8. The Kier molecular flexibility index (Phi) is 4.51. The molecule has 0 atom stereocenters. The molecule has 2 saturated heterocycles. The molecule has 25 heavy (non-hydrogen) atoms. The van der Waals surface area contributed by atoms with E-state index in [-0.39, 0.29) is 11.6 Å². The van der Waals surface area contributed by atoms with Crippen LogP contribution in [-0.4, -0.2) is 40.5 Å². The Hall–Kier alpha value is -0.820. The van der Waals surface area contributed by atoms with Crippen LogP contribution < -0.4 is 0 Å². The summed E-state index contributed by atoms with van der Waals surface area (Å²) in [6, 6.07) is 1.13. The van der Waals surface area contributed by atoms with Crippen molar-refractivity contribution in [1.29, 1.82) is 0 Å². The van der Waals surface area contributed by atoms with Gasteiger partial charge in [0.15, 0.2) is 0 Å². The fourth-order valence-corrected chi connectivity index (χ4v) is 5.78. The molecule has 2 aliphatic heterocycles. The average molecular weight is 374 g/mol. The predicted octanol–water partition coefficient (Wildman–Crippen LogP) is 4.70. The van der Waals surface area contributed by atoms with Crippen molar-refractivity contribution in [3.63, 3.8) is 0 Å². The van der Waals surface area contributed by atoms with Gasteiger partial charge in [-0.25, -0.2) is 4.39 Å². The lowest BCUT2D eigenvalue weighted by atomic mass is 9.83. The zero-order valence-corrected chi connectivity index (χ0v) is 14.8. The first-order chi connectivity index (χ1) is 11.9. The number of alkyl halides is 3. The molecule has 7 heteroatoms. The van der Waals surface area contributed by atoms with Crippen molar-refractivity contribution in [3.8, 4) is 0 Å². The third-order valence-electron chi connectivity index (χ3n) is 6.08. The Morgan fingerprint density at radius 1 is 1.16 bits per heavy atom. The molecule has 1 aliphatic carbocycles. The maximum Gasteiger partial charge on any atom is 0.417 e. The van der Waals surface area contributed by atoms with E-state index in [1.165, 1.54) is 24.5 Å². The summed E-state index contributed by atoms with van der Waals surface area (Å²) in [5.74, 6) is 1.68. The Morgan fingerprint density at radius 3 is 2.40 bits per heavy atom. The summed E-state index contributed by atoms with van der Waals surface area (Å²) in [6.45, 7) is 2.34. The molecule has 0 bridgehead atoms. The van der Waals surface area contributed by atoms with Gasteiger partial charge in [0.05, 0.1) is 11.3 Å². The molecule has 2 nitrogen and oxygen atoms in total. The summed E-state index contributed by atoms with van der Waals surface area (Å²) in [4.78, 5) is 6.41. The van der Waals surface area contributed by atoms with Gasteiger partial charge in [0.1, 0.15) is 5.82 Å². The summed E-state index contributed by atoms with van der Waals surface area (Å²) in [5.41, 5.74) is -0.259. The molecule has 4 rings (SSSR count). The number of thioether (sulfide) groups is 1. The monoisotopic (exact) mass is 374 g/mol. The van der Waals surface area contributed by atoms with Crippen molar-refractivity contribution in [2.75, 3.05) is 24.6 Å². The molecular formula is C18H22F4N2S. The van der Waals surface area contributed by atoms with Crippen molar-refractivity contribution in [1.82, 2.24) is 9.88 Å². The number of nitrogens with zero attached hydrogens (tertiary/aromatic N) is 2. The van der Waals surface area contributed by atoms with Crippen LogP contribution in [0.1, 0.15) is 49.3 Å². The van der Waals surface area contributed by atoms with Crippen LogP contribution in [0, 0.1) is 11.2 Å². The number of halogens is 4. The van der Waals surface area contributed by atoms with E-state index in [1.54, 1.807) is 0 Å². The van der Waals surface area contributed by atoms with Crippen LogP contribution in [0.2, 0.25) is 0 Å². The molecule has 0 radical (unpaired) electrons. The molecule has 0 unspecified atom stereocenters. The Morgan fingerprint density at radius 2 is 1.88 bits per heavy atom. The number of rotatable bonds is 2. The Balaban J connectivity index is 1.37. The van der Waals surface area contributed by atoms with E-state index in [0.717, 1.165) is 38.4 Å². The van der Waals surface area contributed by atoms with Gasteiger partial charge in [-0.2, -0.15) is 24.9 Å². The van der Waals surface area contributed by atoms with Gasteiger partial charge >= 0.3 is 6.18 Å². The summed E-state index contributed by atoms with van der Waals surface area (Å²) in [5, 5.41) is 0. The van der Waals surface area contributed by atoms with E-state index in [9.17, 15) is 17.6 Å². The van der Waals surface area contributed by atoms with Gasteiger partial charge in [-0.05, 0) is 44.7 Å². The third-order valence-corrected chi connectivity index (χ3v) is 7.71. The van der Waals surface area contributed by atoms with Crippen molar-refractivity contribution in [2.24, 2.45) is 5.41 Å². The maximum atomic E-state index is 14.1. The predicted molar refractivity (Wildman–Crippen MR) is 90.1 cm³/mol. The molecular weight excluding hydrogens is 352 g/mol. The fraction of sp³-hybridized carbons (Fsp3) is 0.722. The van der Waals surface area contributed by atoms with Crippen LogP contribution in [0.3, 0.4) is 0 Å². The SMILES string of the molecule is Fc1cc(C(F)(F)F)cnc1C1CCC(N2CCC3(CSC3)C2)CC1. The summed E-state index contributed by atoms with van der Waals surface area (Å²) in [6.07, 6.45) is 1.08. The van der Waals surface area contributed by atoms with E-state index in [4.69, 9.17) is 0 Å². The highest BCUT2D eigenvalue weighted by Crippen LogP contribution is 2.47. The average Bonchev–Trinajstić information content (AvgIpc) is 3.00. The standard InChI is InChI=1S/C18H22F4N2S/c19-15-7-13(18(20,21)22)8-23-16(15)12-1-3-14(4-2-12)24-6-5-17(9-24)10-25-11-17/h7-8,12,14H,1-6,9-11H2. The summed E-state index contributed by atoms with van der Waals surface area (Å²) < 4.78 is 52.1. The minimum atomic E-state index is -4.55. The van der Waals surface area contributed by atoms with E-state index in [0.29, 0.717) is 17.5 Å². The number of hydrogen-bond acceptors (Lipinski definition) is 3. The van der Waals surface area contributed by atoms with Crippen LogP contribution in [-0.2, 0) is 6.18 Å². The second-order valence-corrected chi connectivity index (χ2v) is 8.79. The molecule has 1 aromatic rings. The van der Waals surface area contributed by atoms with Crippen LogP contribution in [0.15, 0.2) is 12.3 Å². The Labute approximate surface area is 149 Å². The number of pyridine rings is 1. The van der Waals surface area contributed by atoms with E-state index in [2.05, 4.69) is 9.88 Å².